The zero-order chi connectivity index (χ0) is 11.7. The van der Waals surface area contributed by atoms with E-state index in [-0.39, 0.29) is 17.5 Å². The van der Waals surface area contributed by atoms with Crippen LogP contribution in [-0.2, 0) is 4.79 Å². The van der Waals surface area contributed by atoms with Crippen LogP contribution in [0.15, 0.2) is 18.2 Å². The molecule has 16 heavy (non-hydrogen) atoms. The summed E-state index contributed by atoms with van der Waals surface area (Å²) in [6.07, 6.45) is 0.922. The largest absolute Gasteiger partial charge is 0.504 e. The van der Waals surface area contributed by atoms with Crippen LogP contribution in [0.4, 0.5) is 0 Å². The second-order valence-electron chi connectivity index (χ2n) is 4.22. The molecule has 0 heterocycles. The number of aromatic hydroxyl groups is 1. The van der Waals surface area contributed by atoms with Crippen molar-refractivity contribution in [2.24, 2.45) is 5.92 Å². The van der Waals surface area contributed by atoms with Crippen LogP contribution in [-0.4, -0.2) is 17.5 Å². The van der Waals surface area contributed by atoms with Crippen molar-refractivity contribution in [3.05, 3.63) is 23.8 Å². The van der Waals surface area contributed by atoms with Gasteiger partial charge in [-0.25, -0.2) is 0 Å². The first-order valence-electron chi connectivity index (χ1n) is 5.59. The summed E-state index contributed by atoms with van der Waals surface area (Å²) in [5.74, 6) is 1.40. The molecule has 3 heteroatoms. The Bertz CT molecular complexity index is 412. The van der Waals surface area contributed by atoms with Crippen LogP contribution in [0, 0.1) is 5.92 Å². The number of carbonyl (C=O) groups is 1. The van der Waals surface area contributed by atoms with E-state index in [0.29, 0.717) is 18.3 Å². The molecule has 1 aliphatic rings. The third-order valence-corrected chi connectivity index (χ3v) is 3.02. The quantitative estimate of drug-likeness (QED) is 0.848. The molecule has 0 bridgehead atoms. The molecule has 3 nitrogen and oxygen atoms in total. The van der Waals surface area contributed by atoms with Crippen LogP contribution in [0.1, 0.15) is 31.7 Å². The van der Waals surface area contributed by atoms with E-state index in [9.17, 15) is 9.90 Å². The lowest BCUT2D eigenvalue weighted by Gasteiger charge is -2.07. The molecule has 0 saturated heterocycles. The maximum absolute atomic E-state index is 11.2. The molecule has 1 fully saturated rings. The predicted molar refractivity (Wildman–Crippen MR) is 60.8 cm³/mol. The predicted octanol–water partition coefficient (Wildman–Crippen LogP) is 2.48. The van der Waals surface area contributed by atoms with Gasteiger partial charge in [0.25, 0.3) is 0 Å². The lowest BCUT2D eigenvalue weighted by molar-refractivity contribution is -0.118. The Morgan fingerprint density at radius 1 is 1.56 bits per heavy atom. The fourth-order valence-electron chi connectivity index (χ4n) is 2.05. The number of phenols is 1. The molecule has 2 unspecified atom stereocenters. The number of hydrogen-bond donors (Lipinski definition) is 1. The molecule has 1 N–H and O–H groups in total. The molecule has 0 aliphatic heterocycles. The summed E-state index contributed by atoms with van der Waals surface area (Å²) in [5, 5.41) is 9.55. The Morgan fingerprint density at radius 2 is 2.31 bits per heavy atom. The summed E-state index contributed by atoms with van der Waals surface area (Å²) < 4.78 is 5.32. The second kappa shape index (κ2) is 4.16. The first kappa shape index (κ1) is 11.0. The fourth-order valence-corrected chi connectivity index (χ4v) is 2.05. The highest BCUT2D eigenvalue weighted by molar-refractivity contribution is 5.82. The number of Topliss-reactive ketones (excluding diaryl/α,β-unsaturated/α-hetero) is 1. The van der Waals surface area contributed by atoms with Crippen LogP contribution < -0.4 is 4.74 Å². The summed E-state index contributed by atoms with van der Waals surface area (Å²) >= 11 is 0. The standard InChI is InChI=1S/C13H16O3/c1-3-16-13-6-9(4-5-12(13)15)11-7-10(11)8(2)14/h4-6,10-11,15H,3,7H2,1-2H3. The SMILES string of the molecule is CCOc1cc(C2CC2C(C)=O)ccc1O. The molecule has 1 aromatic rings. The number of hydrogen-bond acceptors (Lipinski definition) is 3. The van der Waals surface area contributed by atoms with Gasteiger partial charge in [-0.3, -0.25) is 4.79 Å². The molecule has 0 radical (unpaired) electrons. The summed E-state index contributed by atoms with van der Waals surface area (Å²) in [7, 11) is 0. The average molecular weight is 220 g/mol. The second-order valence-corrected chi connectivity index (χ2v) is 4.22. The summed E-state index contributed by atoms with van der Waals surface area (Å²) in [6.45, 7) is 4.04. The van der Waals surface area contributed by atoms with E-state index in [1.165, 1.54) is 0 Å². The van der Waals surface area contributed by atoms with Gasteiger partial charge in [0.1, 0.15) is 5.78 Å². The fraction of sp³-hybridized carbons (Fsp3) is 0.462. The third-order valence-electron chi connectivity index (χ3n) is 3.02. The number of ether oxygens (including phenoxy) is 1. The van der Waals surface area contributed by atoms with Gasteiger partial charge in [-0.2, -0.15) is 0 Å². The van der Waals surface area contributed by atoms with Gasteiger partial charge in [-0.1, -0.05) is 6.07 Å². The van der Waals surface area contributed by atoms with E-state index in [0.717, 1.165) is 12.0 Å². The highest BCUT2D eigenvalue weighted by Gasteiger charge is 2.41. The molecule has 0 aromatic heterocycles. The van der Waals surface area contributed by atoms with Gasteiger partial charge in [0.05, 0.1) is 6.61 Å². The number of ketones is 1. The molecule has 86 valence electrons. The zero-order valence-corrected chi connectivity index (χ0v) is 9.56. The van der Waals surface area contributed by atoms with E-state index >= 15 is 0 Å². The highest BCUT2D eigenvalue weighted by atomic mass is 16.5. The summed E-state index contributed by atoms with van der Waals surface area (Å²) in [4.78, 5) is 11.2. The molecule has 2 rings (SSSR count). The van der Waals surface area contributed by atoms with Crippen molar-refractivity contribution in [1.29, 1.82) is 0 Å². The van der Waals surface area contributed by atoms with E-state index < -0.39 is 0 Å². The first-order chi connectivity index (χ1) is 7.63. The number of benzene rings is 1. The lowest BCUT2D eigenvalue weighted by atomic mass is 10.1. The Balaban J connectivity index is 2.17. The summed E-state index contributed by atoms with van der Waals surface area (Å²) in [5.41, 5.74) is 1.08. The average Bonchev–Trinajstić information content (AvgIpc) is 3.01. The van der Waals surface area contributed by atoms with Crippen LogP contribution in [0.2, 0.25) is 0 Å². The van der Waals surface area contributed by atoms with Gasteiger partial charge in [-0.05, 0) is 43.9 Å². The minimum absolute atomic E-state index is 0.158. The maximum atomic E-state index is 11.2. The molecule has 2 atom stereocenters. The zero-order valence-electron chi connectivity index (χ0n) is 9.56. The molecular weight excluding hydrogens is 204 g/mol. The number of carbonyl (C=O) groups excluding carboxylic acids is 1. The smallest absolute Gasteiger partial charge is 0.161 e. The Morgan fingerprint density at radius 3 is 2.88 bits per heavy atom. The van der Waals surface area contributed by atoms with Gasteiger partial charge < -0.3 is 9.84 Å². The Kier molecular flexibility index (Phi) is 2.86. The maximum Gasteiger partial charge on any atom is 0.161 e. The van der Waals surface area contributed by atoms with Crippen molar-refractivity contribution in [2.45, 2.75) is 26.2 Å². The van der Waals surface area contributed by atoms with E-state index in [1.807, 2.05) is 19.1 Å². The molecule has 0 amide bonds. The van der Waals surface area contributed by atoms with E-state index in [1.54, 1.807) is 13.0 Å². The van der Waals surface area contributed by atoms with Gasteiger partial charge in [0, 0.05) is 5.92 Å². The molecule has 1 saturated carbocycles. The van der Waals surface area contributed by atoms with Crippen molar-refractivity contribution >= 4 is 5.78 Å². The van der Waals surface area contributed by atoms with Crippen LogP contribution in [0.3, 0.4) is 0 Å². The third kappa shape index (κ3) is 2.03. The summed E-state index contributed by atoms with van der Waals surface area (Å²) in [6, 6.07) is 5.34. The first-order valence-corrected chi connectivity index (χ1v) is 5.59. The van der Waals surface area contributed by atoms with Crippen molar-refractivity contribution in [2.75, 3.05) is 6.61 Å². The van der Waals surface area contributed by atoms with E-state index in [2.05, 4.69) is 0 Å². The van der Waals surface area contributed by atoms with Crippen molar-refractivity contribution in [1.82, 2.24) is 0 Å². The van der Waals surface area contributed by atoms with Crippen LogP contribution in [0.25, 0.3) is 0 Å². The minimum atomic E-state index is 0.158. The highest BCUT2D eigenvalue weighted by Crippen LogP contribution is 2.49. The van der Waals surface area contributed by atoms with Gasteiger partial charge >= 0.3 is 0 Å². The molecule has 0 spiro atoms. The number of phenolic OH excluding ortho intramolecular Hbond substituents is 1. The van der Waals surface area contributed by atoms with Gasteiger partial charge in [-0.15, -0.1) is 0 Å². The number of rotatable bonds is 4. The molecular formula is C13H16O3. The Labute approximate surface area is 95.0 Å². The van der Waals surface area contributed by atoms with Gasteiger partial charge in [0.15, 0.2) is 11.5 Å². The van der Waals surface area contributed by atoms with Crippen molar-refractivity contribution in [3.8, 4) is 11.5 Å². The molecule has 1 aliphatic carbocycles. The van der Waals surface area contributed by atoms with Crippen molar-refractivity contribution in [3.63, 3.8) is 0 Å². The minimum Gasteiger partial charge on any atom is -0.504 e. The van der Waals surface area contributed by atoms with E-state index in [4.69, 9.17) is 4.74 Å². The van der Waals surface area contributed by atoms with Crippen LogP contribution in [0.5, 0.6) is 11.5 Å². The molecule has 1 aromatic carbocycles. The monoisotopic (exact) mass is 220 g/mol. The van der Waals surface area contributed by atoms with Gasteiger partial charge in [0.2, 0.25) is 0 Å². The normalized spacial score (nSPS) is 22.9. The Hall–Kier alpha value is -1.51. The van der Waals surface area contributed by atoms with Crippen molar-refractivity contribution < 1.29 is 14.6 Å². The topological polar surface area (TPSA) is 46.5 Å². The lowest BCUT2D eigenvalue weighted by Crippen LogP contribution is -1.96. The van der Waals surface area contributed by atoms with Crippen LogP contribution >= 0.6 is 0 Å².